The molecule has 44 heavy (non-hydrogen) atoms. The maximum Gasteiger partial charge on any atom is 0.262 e. The molecule has 1 amide bonds. The van der Waals surface area contributed by atoms with E-state index in [2.05, 4.69) is 67.4 Å². The van der Waals surface area contributed by atoms with Gasteiger partial charge in [-0.2, -0.15) is 0 Å². The number of ether oxygens (including phenoxy) is 2. The van der Waals surface area contributed by atoms with Crippen LogP contribution in [0.4, 0.5) is 5.69 Å². The summed E-state index contributed by atoms with van der Waals surface area (Å²) in [6.07, 6.45) is 3.36. The van der Waals surface area contributed by atoms with Crippen molar-refractivity contribution < 1.29 is 23.9 Å². The molecule has 0 aromatic heterocycles. The van der Waals surface area contributed by atoms with Crippen LogP contribution >= 0.6 is 22.6 Å². The van der Waals surface area contributed by atoms with E-state index in [1.165, 1.54) is 0 Å². The van der Waals surface area contributed by atoms with Gasteiger partial charge in [-0.15, -0.1) is 0 Å². The van der Waals surface area contributed by atoms with Gasteiger partial charge in [0.1, 0.15) is 0 Å². The van der Waals surface area contributed by atoms with Crippen molar-refractivity contribution in [3.63, 3.8) is 0 Å². The third-order valence-electron chi connectivity index (χ3n) is 8.54. The Morgan fingerprint density at radius 3 is 2.05 bits per heavy atom. The van der Waals surface area contributed by atoms with Gasteiger partial charge in [0.05, 0.1) is 10.2 Å². The molecule has 1 heterocycles. The number of hydrogen-bond acceptors (Lipinski definition) is 6. The predicted octanol–water partition coefficient (Wildman–Crippen LogP) is 7.80. The van der Waals surface area contributed by atoms with E-state index in [9.17, 15) is 14.4 Å². The highest BCUT2D eigenvalue weighted by molar-refractivity contribution is 14.1. The van der Waals surface area contributed by atoms with Crippen LogP contribution in [0.2, 0.25) is 0 Å². The van der Waals surface area contributed by atoms with E-state index in [1.54, 1.807) is 0 Å². The number of Topliss-reactive ketones (excluding diaryl/α,β-unsaturated/α-hetero) is 2. The number of amides is 1. The second kappa shape index (κ2) is 12.7. The molecule has 8 heteroatoms. The Morgan fingerprint density at radius 1 is 0.909 bits per heavy atom. The van der Waals surface area contributed by atoms with Crippen molar-refractivity contribution in [1.82, 2.24) is 4.90 Å². The summed E-state index contributed by atoms with van der Waals surface area (Å²) in [6.45, 7) is 13.6. The smallest absolute Gasteiger partial charge is 0.262 e. The molecule has 2 aliphatic carbocycles. The lowest BCUT2D eigenvalue weighted by molar-refractivity contribution is -0.120. The predicted molar refractivity (Wildman–Crippen MR) is 181 cm³/mol. The van der Waals surface area contributed by atoms with Gasteiger partial charge < -0.3 is 19.7 Å². The summed E-state index contributed by atoms with van der Waals surface area (Å²) in [4.78, 5) is 43.1. The summed E-state index contributed by atoms with van der Waals surface area (Å²) in [5.41, 5.74) is 4.83. The zero-order valence-electron chi connectivity index (χ0n) is 26.6. The van der Waals surface area contributed by atoms with E-state index >= 15 is 0 Å². The average Bonchev–Trinajstić information content (AvgIpc) is 2.92. The number of hydrogen-bond donors (Lipinski definition) is 1. The first-order valence-corrected chi connectivity index (χ1v) is 16.7. The number of carbonyl (C=O) groups is 3. The first-order valence-electron chi connectivity index (χ1n) is 15.6. The highest BCUT2D eigenvalue weighted by atomic mass is 127. The van der Waals surface area contributed by atoms with Crippen molar-refractivity contribution >= 4 is 45.8 Å². The van der Waals surface area contributed by atoms with Crippen LogP contribution in [0.1, 0.15) is 85.1 Å². The molecule has 2 aromatic carbocycles. The van der Waals surface area contributed by atoms with Gasteiger partial charge in [-0.1, -0.05) is 52.8 Å². The second-order valence-corrected chi connectivity index (χ2v) is 14.8. The zero-order valence-corrected chi connectivity index (χ0v) is 28.8. The summed E-state index contributed by atoms with van der Waals surface area (Å²) >= 11 is 2.20. The number of anilines is 1. The lowest BCUT2D eigenvalue weighted by Crippen LogP contribution is -2.44. The van der Waals surface area contributed by atoms with Crippen molar-refractivity contribution in [3.05, 3.63) is 74.1 Å². The van der Waals surface area contributed by atoms with Gasteiger partial charge in [-0.25, -0.2) is 0 Å². The van der Waals surface area contributed by atoms with E-state index < -0.39 is 5.92 Å². The Labute approximate surface area is 274 Å². The Kier molecular flexibility index (Phi) is 9.31. The fraction of sp³-hybridized carbons (Fsp3) is 0.472. The quantitative estimate of drug-likeness (QED) is 0.268. The molecule has 1 N–H and O–H groups in total. The van der Waals surface area contributed by atoms with Gasteiger partial charge in [-0.05, 0) is 89.4 Å². The summed E-state index contributed by atoms with van der Waals surface area (Å²) in [6, 6.07) is 13.1. The van der Waals surface area contributed by atoms with Gasteiger partial charge in [0, 0.05) is 53.5 Å². The standard InChI is InChI=1S/C36H43IN2O5/c1-7-14-39-25-17-35(3,4)19-27(40)32(25)31(33-26(39)18-36(5,6)20-28(33)41)22-15-24(37)34(29(16-22)43-8-2)44-21-30(42)38-23-12-10-9-11-13-23/h9-13,15-16,31H,7-8,14,17-21H2,1-6H3,(H,38,42). The van der Waals surface area contributed by atoms with Gasteiger partial charge in [0.15, 0.2) is 29.7 Å². The topological polar surface area (TPSA) is 84.9 Å². The number of halogens is 1. The van der Waals surface area contributed by atoms with E-state index in [0.29, 0.717) is 36.6 Å². The van der Waals surface area contributed by atoms with Crippen molar-refractivity contribution in [2.45, 2.75) is 79.6 Å². The monoisotopic (exact) mass is 710 g/mol. The zero-order chi connectivity index (χ0) is 31.8. The molecule has 2 aromatic rings. The molecule has 1 aliphatic heterocycles. The van der Waals surface area contributed by atoms with Crippen molar-refractivity contribution in [2.75, 3.05) is 25.1 Å². The molecule has 234 valence electrons. The fourth-order valence-electron chi connectivity index (χ4n) is 6.89. The van der Waals surface area contributed by atoms with Gasteiger partial charge in [0.25, 0.3) is 5.91 Å². The molecule has 0 atom stereocenters. The lowest BCUT2D eigenvalue weighted by atomic mass is 9.63. The molecular weight excluding hydrogens is 667 g/mol. The van der Waals surface area contributed by atoms with Crippen molar-refractivity contribution in [2.24, 2.45) is 10.8 Å². The number of nitrogens with zero attached hydrogens (tertiary/aromatic N) is 1. The second-order valence-electron chi connectivity index (χ2n) is 13.7. The third-order valence-corrected chi connectivity index (χ3v) is 9.34. The molecule has 0 spiro atoms. The number of ketones is 2. The SMILES string of the molecule is CCCN1C2=C(C(=O)CC(C)(C)C2)C(c2cc(I)c(OCC(=O)Nc3ccccc3)c(OCC)c2)C2=C1CC(C)(C)CC2=O. The molecule has 0 radical (unpaired) electrons. The maximum atomic E-state index is 14.1. The number of benzene rings is 2. The Hall–Kier alpha value is -3.14. The summed E-state index contributed by atoms with van der Waals surface area (Å²) in [5, 5.41) is 2.85. The van der Waals surface area contributed by atoms with Crippen LogP contribution in [-0.2, 0) is 14.4 Å². The minimum absolute atomic E-state index is 0.109. The summed E-state index contributed by atoms with van der Waals surface area (Å²) in [7, 11) is 0. The van der Waals surface area contributed by atoms with Crippen molar-refractivity contribution in [3.8, 4) is 11.5 Å². The first-order chi connectivity index (χ1) is 20.8. The van der Waals surface area contributed by atoms with Gasteiger partial charge >= 0.3 is 0 Å². The van der Waals surface area contributed by atoms with Crippen LogP contribution in [0.3, 0.4) is 0 Å². The van der Waals surface area contributed by atoms with Crippen LogP contribution in [-0.4, -0.2) is 42.1 Å². The Bertz CT molecular complexity index is 1480. The van der Waals surface area contributed by atoms with Crippen LogP contribution in [0.15, 0.2) is 65.0 Å². The van der Waals surface area contributed by atoms with Crippen LogP contribution < -0.4 is 14.8 Å². The lowest BCUT2D eigenvalue weighted by Gasteiger charge is -2.49. The molecule has 0 saturated heterocycles. The number of para-hydroxylation sites is 1. The largest absolute Gasteiger partial charge is 0.490 e. The molecule has 0 fully saturated rings. The van der Waals surface area contributed by atoms with Gasteiger partial charge in [-0.3, -0.25) is 14.4 Å². The molecule has 5 rings (SSSR count). The minimum Gasteiger partial charge on any atom is -0.490 e. The first kappa shape index (κ1) is 32.3. The average molecular weight is 711 g/mol. The van der Waals surface area contributed by atoms with E-state index in [4.69, 9.17) is 9.47 Å². The molecule has 0 bridgehead atoms. The van der Waals surface area contributed by atoms with Crippen LogP contribution in [0.5, 0.6) is 11.5 Å². The number of allylic oxidation sites excluding steroid dienone is 4. The number of rotatable bonds is 9. The highest BCUT2D eigenvalue weighted by Gasteiger charge is 2.49. The maximum absolute atomic E-state index is 14.1. The summed E-state index contributed by atoms with van der Waals surface area (Å²) < 4.78 is 12.9. The molecule has 0 saturated carbocycles. The number of nitrogens with one attached hydrogen (secondary N) is 1. The number of carbonyl (C=O) groups excluding carboxylic acids is 3. The molecule has 7 nitrogen and oxygen atoms in total. The van der Waals surface area contributed by atoms with Gasteiger partial charge in [0.2, 0.25) is 0 Å². The highest BCUT2D eigenvalue weighted by Crippen LogP contribution is 2.55. The van der Waals surface area contributed by atoms with E-state index in [0.717, 1.165) is 57.5 Å². The van der Waals surface area contributed by atoms with Crippen LogP contribution in [0.25, 0.3) is 0 Å². The van der Waals surface area contributed by atoms with Crippen molar-refractivity contribution in [1.29, 1.82) is 0 Å². The molecule has 0 unspecified atom stereocenters. The van der Waals surface area contributed by atoms with E-state index in [1.807, 2.05) is 49.4 Å². The van der Waals surface area contributed by atoms with E-state index in [-0.39, 0.29) is 34.9 Å². The van der Waals surface area contributed by atoms with Crippen LogP contribution in [0, 0.1) is 14.4 Å². The normalized spacial score (nSPS) is 19.5. The fourth-order valence-corrected chi connectivity index (χ4v) is 7.67. The Morgan fingerprint density at radius 2 is 1.50 bits per heavy atom. The molecule has 3 aliphatic rings. The summed E-state index contributed by atoms with van der Waals surface area (Å²) in [5.74, 6) is 0.434. The minimum atomic E-state index is -0.469. The molecular formula is C36H43IN2O5. The Balaban J connectivity index is 1.59. The third kappa shape index (κ3) is 6.60.